The highest BCUT2D eigenvalue weighted by atomic mass is 16.4. The van der Waals surface area contributed by atoms with Crippen LogP contribution in [-0.2, 0) is 9.59 Å². The highest BCUT2D eigenvalue weighted by Gasteiger charge is 2.39. The van der Waals surface area contributed by atoms with Crippen LogP contribution in [0.4, 0.5) is 4.79 Å². The summed E-state index contributed by atoms with van der Waals surface area (Å²) in [6.45, 7) is 0.586. The molecule has 2 aliphatic carbocycles. The second-order valence-electron chi connectivity index (χ2n) is 5.31. The first kappa shape index (κ1) is 13.6. The summed E-state index contributed by atoms with van der Waals surface area (Å²) in [6.07, 6.45) is 6.51. The van der Waals surface area contributed by atoms with Gasteiger partial charge in [0.2, 0.25) is 0 Å². The molecule has 0 radical (unpaired) electrons. The van der Waals surface area contributed by atoms with E-state index >= 15 is 0 Å². The maximum absolute atomic E-state index is 11.4. The van der Waals surface area contributed by atoms with Crippen molar-refractivity contribution < 1.29 is 19.5 Å². The van der Waals surface area contributed by atoms with E-state index in [0.29, 0.717) is 24.5 Å². The lowest BCUT2D eigenvalue weighted by Gasteiger charge is -2.21. The van der Waals surface area contributed by atoms with Gasteiger partial charge >= 0.3 is 12.0 Å². The summed E-state index contributed by atoms with van der Waals surface area (Å²) < 4.78 is 0. The predicted molar refractivity (Wildman–Crippen MR) is 67.3 cm³/mol. The number of urea groups is 1. The highest BCUT2D eigenvalue weighted by molar-refractivity contribution is 6.02. The van der Waals surface area contributed by atoms with E-state index in [1.807, 2.05) is 0 Å². The SMILES string of the molecule is O=C(O)C=CC(=O)NC(=O)NCC1CC2CCC1C2. The van der Waals surface area contributed by atoms with Gasteiger partial charge in [-0.15, -0.1) is 0 Å². The molecule has 0 heterocycles. The van der Waals surface area contributed by atoms with Crippen LogP contribution in [0.1, 0.15) is 25.7 Å². The molecule has 2 rings (SSSR count). The van der Waals surface area contributed by atoms with Gasteiger partial charge in [-0.25, -0.2) is 9.59 Å². The Hall–Kier alpha value is -1.85. The smallest absolute Gasteiger partial charge is 0.328 e. The second kappa shape index (κ2) is 5.86. The van der Waals surface area contributed by atoms with Crippen LogP contribution in [0.5, 0.6) is 0 Å². The number of nitrogens with one attached hydrogen (secondary N) is 2. The minimum Gasteiger partial charge on any atom is -0.478 e. The average molecular weight is 266 g/mol. The number of amides is 3. The topological polar surface area (TPSA) is 95.5 Å². The molecule has 6 nitrogen and oxygen atoms in total. The number of carbonyl (C=O) groups is 3. The first-order valence-electron chi connectivity index (χ1n) is 6.54. The van der Waals surface area contributed by atoms with E-state index in [2.05, 4.69) is 10.6 Å². The minimum atomic E-state index is -1.22. The molecule has 0 spiro atoms. The number of carbonyl (C=O) groups excluding carboxylic acids is 2. The van der Waals surface area contributed by atoms with Crippen molar-refractivity contribution in [2.75, 3.05) is 6.54 Å². The van der Waals surface area contributed by atoms with Crippen LogP contribution in [0.25, 0.3) is 0 Å². The van der Waals surface area contributed by atoms with Gasteiger partial charge in [-0.2, -0.15) is 0 Å². The molecule has 3 atom stereocenters. The van der Waals surface area contributed by atoms with Gasteiger partial charge in [0, 0.05) is 18.7 Å². The lowest BCUT2D eigenvalue weighted by Crippen LogP contribution is -2.41. The number of imide groups is 1. The van der Waals surface area contributed by atoms with Crippen molar-refractivity contribution in [3.8, 4) is 0 Å². The van der Waals surface area contributed by atoms with Gasteiger partial charge < -0.3 is 10.4 Å². The Morgan fingerprint density at radius 2 is 1.95 bits per heavy atom. The van der Waals surface area contributed by atoms with E-state index in [4.69, 9.17) is 5.11 Å². The van der Waals surface area contributed by atoms with E-state index in [-0.39, 0.29) is 0 Å². The maximum Gasteiger partial charge on any atom is 0.328 e. The largest absolute Gasteiger partial charge is 0.478 e. The van der Waals surface area contributed by atoms with E-state index in [1.54, 1.807) is 0 Å². The standard InChI is InChI=1S/C13H18N2O4/c16-11(3-4-12(17)18)15-13(19)14-7-10-6-8-1-2-9(10)5-8/h3-4,8-10H,1-2,5-7H2,(H,17,18)(H2,14,15,16,19). The Kier molecular flexibility index (Phi) is 4.19. The second-order valence-corrected chi connectivity index (χ2v) is 5.31. The summed E-state index contributed by atoms with van der Waals surface area (Å²) in [5, 5.41) is 13.1. The van der Waals surface area contributed by atoms with Crippen molar-refractivity contribution in [2.45, 2.75) is 25.7 Å². The van der Waals surface area contributed by atoms with Crippen molar-refractivity contribution in [1.82, 2.24) is 10.6 Å². The lowest BCUT2D eigenvalue weighted by atomic mass is 9.89. The number of carboxylic acid groups (broad SMARTS) is 1. The minimum absolute atomic E-state index is 0.522. The zero-order valence-corrected chi connectivity index (χ0v) is 10.6. The molecule has 2 saturated carbocycles. The number of hydrogen-bond acceptors (Lipinski definition) is 3. The molecule has 0 aromatic carbocycles. The lowest BCUT2D eigenvalue weighted by molar-refractivity contribution is -0.131. The van der Waals surface area contributed by atoms with Gasteiger partial charge in [0.1, 0.15) is 0 Å². The normalized spacial score (nSPS) is 28.5. The Labute approximate surface area is 111 Å². The molecule has 104 valence electrons. The van der Waals surface area contributed by atoms with E-state index in [0.717, 1.165) is 18.4 Å². The van der Waals surface area contributed by atoms with Crippen LogP contribution in [0.15, 0.2) is 12.2 Å². The quantitative estimate of drug-likeness (QED) is 0.658. The first-order chi connectivity index (χ1) is 9.04. The molecule has 3 N–H and O–H groups in total. The molecule has 6 heteroatoms. The number of carboxylic acids is 1. The summed E-state index contributed by atoms with van der Waals surface area (Å²) in [5.41, 5.74) is 0. The molecule has 0 saturated heterocycles. The highest BCUT2D eigenvalue weighted by Crippen LogP contribution is 2.47. The molecule has 0 aliphatic heterocycles. The molecule has 19 heavy (non-hydrogen) atoms. The van der Waals surface area contributed by atoms with Crippen molar-refractivity contribution in [3.63, 3.8) is 0 Å². The predicted octanol–water partition coefficient (Wildman–Crippen LogP) is 0.889. The van der Waals surface area contributed by atoms with Crippen LogP contribution in [-0.4, -0.2) is 29.6 Å². The summed E-state index contributed by atoms with van der Waals surface area (Å²) in [7, 11) is 0. The van der Waals surface area contributed by atoms with Crippen LogP contribution >= 0.6 is 0 Å². The molecule has 0 aromatic heterocycles. The first-order valence-corrected chi connectivity index (χ1v) is 6.54. The number of rotatable bonds is 4. The molecule has 3 amide bonds. The van der Waals surface area contributed by atoms with Crippen LogP contribution in [0, 0.1) is 17.8 Å². The van der Waals surface area contributed by atoms with Crippen molar-refractivity contribution in [3.05, 3.63) is 12.2 Å². The maximum atomic E-state index is 11.4. The zero-order chi connectivity index (χ0) is 13.8. The molecular weight excluding hydrogens is 248 g/mol. The third kappa shape index (κ3) is 3.81. The third-order valence-corrected chi connectivity index (χ3v) is 4.02. The van der Waals surface area contributed by atoms with Gasteiger partial charge in [0.05, 0.1) is 0 Å². The summed E-state index contributed by atoms with van der Waals surface area (Å²) in [5.74, 6) is 0.104. The Bertz CT molecular complexity index is 419. The van der Waals surface area contributed by atoms with Crippen molar-refractivity contribution in [2.24, 2.45) is 17.8 Å². The fourth-order valence-electron chi connectivity index (χ4n) is 3.19. The Morgan fingerprint density at radius 3 is 2.53 bits per heavy atom. The van der Waals surface area contributed by atoms with Crippen LogP contribution in [0.3, 0.4) is 0 Å². The van der Waals surface area contributed by atoms with E-state index in [1.165, 1.54) is 19.3 Å². The zero-order valence-electron chi connectivity index (χ0n) is 10.6. The van der Waals surface area contributed by atoms with Crippen molar-refractivity contribution in [1.29, 1.82) is 0 Å². The van der Waals surface area contributed by atoms with Crippen LogP contribution < -0.4 is 10.6 Å². The van der Waals surface area contributed by atoms with Gasteiger partial charge in [-0.1, -0.05) is 6.42 Å². The Morgan fingerprint density at radius 1 is 1.16 bits per heavy atom. The molecule has 2 aliphatic rings. The molecular formula is C13H18N2O4. The average Bonchev–Trinajstić information content (AvgIpc) is 2.96. The van der Waals surface area contributed by atoms with E-state index in [9.17, 15) is 14.4 Å². The summed E-state index contributed by atoms with van der Waals surface area (Å²) in [6, 6.07) is -0.567. The van der Waals surface area contributed by atoms with Gasteiger partial charge in [-0.05, 0) is 37.0 Å². The summed E-state index contributed by atoms with van der Waals surface area (Å²) in [4.78, 5) is 32.8. The number of fused-ring (bicyclic) bond motifs is 2. The van der Waals surface area contributed by atoms with Gasteiger partial charge in [0.25, 0.3) is 5.91 Å². The van der Waals surface area contributed by atoms with Crippen molar-refractivity contribution >= 4 is 17.9 Å². The van der Waals surface area contributed by atoms with Gasteiger partial charge in [0.15, 0.2) is 0 Å². The monoisotopic (exact) mass is 266 g/mol. The fourth-order valence-corrected chi connectivity index (χ4v) is 3.19. The number of hydrogen-bond donors (Lipinski definition) is 3. The molecule has 2 bridgehead atoms. The third-order valence-electron chi connectivity index (χ3n) is 4.02. The molecule has 3 unspecified atom stereocenters. The van der Waals surface area contributed by atoms with E-state index < -0.39 is 17.9 Å². The molecule has 0 aromatic rings. The van der Waals surface area contributed by atoms with Gasteiger partial charge in [-0.3, -0.25) is 10.1 Å². The summed E-state index contributed by atoms with van der Waals surface area (Å²) >= 11 is 0. The Balaban J connectivity index is 1.67. The molecule has 2 fully saturated rings. The number of aliphatic carboxylic acids is 1. The van der Waals surface area contributed by atoms with Crippen LogP contribution in [0.2, 0.25) is 0 Å². The fraction of sp³-hybridized carbons (Fsp3) is 0.615.